The van der Waals surface area contributed by atoms with Gasteiger partial charge < -0.3 is 19.8 Å². The van der Waals surface area contributed by atoms with Crippen molar-refractivity contribution in [1.29, 1.82) is 0 Å². The quantitative estimate of drug-likeness (QED) is 0.164. The van der Waals surface area contributed by atoms with Gasteiger partial charge in [0.05, 0.1) is 16.8 Å². The van der Waals surface area contributed by atoms with Gasteiger partial charge in [-0.2, -0.15) is 0 Å². The molecule has 2 amide bonds. The van der Waals surface area contributed by atoms with Crippen LogP contribution in [0.1, 0.15) is 52.5 Å². The molecule has 0 aliphatic heterocycles. The van der Waals surface area contributed by atoms with Gasteiger partial charge in [-0.25, -0.2) is 4.39 Å². The molecule has 1 aromatic heterocycles. The molecule has 1 aliphatic rings. The zero-order valence-corrected chi connectivity index (χ0v) is 24.4. The molecule has 1 aliphatic carbocycles. The van der Waals surface area contributed by atoms with Gasteiger partial charge in [-0.1, -0.05) is 49.4 Å². The molecule has 0 saturated heterocycles. The third-order valence-electron chi connectivity index (χ3n) is 7.95. The summed E-state index contributed by atoms with van der Waals surface area (Å²) < 4.78 is 24.9. The zero-order chi connectivity index (χ0) is 30.8. The average Bonchev–Trinajstić information content (AvgIpc) is 3.73. The van der Waals surface area contributed by atoms with Crippen molar-refractivity contribution >= 4 is 34.3 Å². The van der Waals surface area contributed by atoms with Gasteiger partial charge in [0.15, 0.2) is 5.78 Å². The number of hydrogen-bond donors (Lipinski definition) is 2. The molecule has 222 valence electrons. The van der Waals surface area contributed by atoms with E-state index in [0.717, 1.165) is 18.4 Å². The van der Waals surface area contributed by atoms with Crippen molar-refractivity contribution in [2.75, 3.05) is 19.0 Å². The lowest BCUT2D eigenvalue weighted by Gasteiger charge is -2.18. The minimum absolute atomic E-state index is 0.144. The van der Waals surface area contributed by atoms with Crippen LogP contribution in [0.2, 0.25) is 0 Å². The van der Waals surface area contributed by atoms with Crippen molar-refractivity contribution in [1.82, 2.24) is 5.32 Å². The topological polar surface area (TPSA) is 97.6 Å². The van der Waals surface area contributed by atoms with Gasteiger partial charge >= 0.3 is 0 Å². The van der Waals surface area contributed by atoms with E-state index in [-0.39, 0.29) is 36.2 Å². The van der Waals surface area contributed by atoms with Crippen LogP contribution >= 0.6 is 0 Å². The first kappa shape index (κ1) is 29.0. The summed E-state index contributed by atoms with van der Waals surface area (Å²) in [5, 5.41) is 6.65. The summed E-state index contributed by atoms with van der Waals surface area (Å²) in [6, 6.07) is 26.3. The lowest BCUT2D eigenvalue weighted by atomic mass is 9.95. The highest BCUT2D eigenvalue weighted by molar-refractivity contribution is 6.14. The highest BCUT2D eigenvalue weighted by atomic mass is 19.1. The zero-order valence-electron chi connectivity index (χ0n) is 24.4. The molecule has 1 fully saturated rings. The minimum atomic E-state index is -0.404. The first-order valence-electron chi connectivity index (χ1n) is 14.5. The van der Waals surface area contributed by atoms with Crippen molar-refractivity contribution in [3.8, 4) is 22.5 Å². The highest BCUT2D eigenvalue weighted by Crippen LogP contribution is 2.46. The summed E-state index contributed by atoms with van der Waals surface area (Å²) in [6.07, 6.45) is 1.95. The Labute approximate surface area is 254 Å². The number of ether oxygens (including phenoxy) is 1. The summed E-state index contributed by atoms with van der Waals surface area (Å²) >= 11 is 0. The number of carbonyl (C=O) groups excluding carboxylic acids is 3. The number of ketones is 1. The van der Waals surface area contributed by atoms with E-state index >= 15 is 0 Å². The third kappa shape index (κ3) is 5.64. The van der Waals surface area contributed by atoms with E-state index < -0.39 is 5.82 Å². The van der Waals surface area contributed by atoms with Crippen molar-refractivity contribution in [3.63, 3.8) is 0 Å². The molecule has 6 rings (SSSR count). The Bertz CT molecular complexity index is 1870. The number of benzene rings is 4. The van der Waals surface area contributed by atoms with Crippen molar-refractivity contribution in [3.05, 3.63) is 114 Å². The van der Waals surface area contributed by atoms with Crippen LogP contribution in [0.5, 0.6) is 0 Å². The van der Waals surface area contributed by atoms with E-state index in [9.17, 15) is 18.8 Å². The number of halogens is 1. The van der Waals surface area contributed by atoms with Gasteiger partial charge in [0.25, 0.3) is 5.91 Å². The number of furan rings is 1. The standard InChI is InChI=1S/C36H31FN2O5/c1-3-30(40)33-28-19-27(23-8-7-9-24(18-23)35(42)39-36(16-17-36)25-10-5-4-6-11-25)29(38-32(41)21-43-2)20-31(28)44-34(33)22-12-14-26(37)15-13-22/h4-15,18-20H,3,16-17,21H2,1-2H3,(H,38,41)(H,39,42). The number of rotatable bonds is 10. The number of anilines is 1. The predicted octanol–water partition coefficient (Wildman–Crippen LogP) is 7.50. The van der Waals surface area contributed by atoms with Crippen LogP contribution in [-0.2, 0) is 15.1 Å². The van der Waals surface area contributed by atoms with E-state index in [0.29, 0.717) is 50.2 Å². The fourth-order valence-electron chi connectivity index (χ4n) is 5.55. The molecule has 4 aromatic carbocycles. The molecule has 0 radical (unpaired) electrons. The number of amides is 2. The van der Waals surface area contributed by atoms with Crippen LogP contribution in [-0.4, -0.2) is 31.3 Å². The second kappa shape index (κ2) is 11.9. The first-order chi connectivity index (χ1) is 21.3. The lowest BCUT2D eigenvalue weighted by Crippen LogP contribution is -2.34. The Hall–Kier alpha value is -5.08. The molecular formula is C36H31FN2O5. The Kier molecular flexibility index (Phi) is 7.84. The van der Waals surface area contributed by atoms with Crippen LogP contribution in [0, 0.1) is 5.82 Å². The molecule has 5 aromatic rings. The van der Waals surface area contributed by atoms with Crippen LogP contribution in [0.3, 0.4) is 0 Å². The molecule has 44 heavy (non-hydrogen) atoms. The lowest BCUT2D eigenvalue weighted by molar-refractivity contribution is -0.119. The fraction of sp³-hybridized carbons (Fsp3) is 0.194. The van der Waals surface area contributed by atoms with E-state index in [4.69, 9.17) is 9.15 Å². The number of Topliss-reactive ketones (excluding diaryl/α,β-unsaturated/α-hetero) is 1. The molecule has 0 bridgehead atoms. The average molecular weight is 591 g/mol. The Morgan fingerprint density at radius 1 is 0.909 bits per heavy atom. The van der Waals surface area contributed by atoms with Crippen LogP contribution in [0.25, 0.3) is 33.4 Å². The summed E-state index contributed by atoms with van der Waals surface area (Å²) in [6.45, 7) is 1.60. The Balaban J connectivity index is 1.45. The molecule has 0 atom stereocenters. The molecule has 8 heteroatoms. The summed E-state index contributed by atoms with van der Waals surface area (Å²) in [7, 11) is 1.43. The van der Waals surface area contributed by atoms with E-state index in [1.165, 1.54) is 19.2 Å². The first-order valence-corrected chi connectivity index (χ1v) is 14.5. The van der Waals surface area contributed by atoms with Crippen LogP contribution < -0.4 is 10.6 Å². The predicted molar refractivity (Wildman–Crippen MR) is 167 cm³/mol. The molecule has 0 spiro atoms. The molecule has 2 N–H and O–H groups in total. The molecular weight excluding hydrogens is 559 g/mol. The van der Waals surface area contributed by atoms with Gasteiger partial charge in [-0.15, -0.1) is 0 Å². The largest absolute Gasteiger partial charge is 0.455 e. The number of fused-ring (bicyclic) bond motifs is 1. The van der Waals surface area contributed by atoms with Gasteiger partial charge in [0, 0.05) is 41.7 Å². The molecule has 0 unspecified atom stereocenters. The number of nitrogens with one attached hydrogen (secondary N) is 2. The monoisotopic (exact) mass is 590 g/mol. The van der Waals surface area contributed by atoms with Crippen molar-refractivity contribution in [2.24, 2.45) is 0 Å². The number of hydrogen-bond acceptors (Lipinski definition) is 5. The number of methoxy groups -OCH3 is 1. The normalized spacial score (nSPS) is 13.4. The molecule has 7 nitrogen and oxygen atoms in total. The summed E-state index contributed by atoms with van der Waals surface area (Å²) in [4.78, 5) is 39.4. The maximum atomic E-state index is 13.7. The second-order valence-corrected chi connectivity index (χ2v) is 10.9. The Morgan fingerprint density at radius 3 is 2.34 bits per heavy atom. The van der Waals surface area contributed by atoms with Gasteiger partial charge in [-0.3, -0.25) is 14.4 Å². The van der Waals surface area contributed by atoms with Gasteiger partial charge in [0.1, 0.15) is 23.8 Å². The van der Waals surface area contributed by atoms with Gasteiger partial charge in [-0.05, 0) is 66.4 Å². The smallest absolute Gasteiger partial charge is 0.251 e. The van der Waals surface area contributed by atoms with Gasteiger partial charge in [0.2, 0.25) is 5.91 Å². The van der Waals surface area contributed by atoms with Crippen molar-refractivity contribution < 1.29 is 27.9 Å². The summed E-state index contributed by atoms with van der Waals surface area (Å²) in [5.41, 5.74) is 4.14. The summed E-state index contributed by atoms with van der Waals surface area (Å²) in [5.74, 6) is -0.812. The number of carbonyl (C=O) groups is 3. The molecule has 1 heterocycles. The SMILES string of the molecule is CCC(=O)c1c(-c2ccc(F)cc2)oc2cc(NC(=O)COC)c(-c3cccc(C(=O)NC4(c5ccccc5)CC4)c3)cc12. The van der Waals surface area contributed by atoms with E-state index in [1.54, 1.807) is 49.4 Å². The maximum absolute atomic E-state index is 13.7. The van der Waals surface area contributed by atoms with Crippen LogP contribution in [0.15, 0.2) is 95.4 Å². The maximum Gasteiger partial charge on any atom is 0.251 e. The minimum Gasteiger partial charge on any atom is -0.455 e. The second-order valence-electron chi connectivity index (χ2n) is 10.9. The third-order valence-corrected chi connectivity index (χ3v) is 7.95. The molecule has 1 saturated carbocycles. The van der Waals surface area contributed by atoms with Crippen molar-refractivity contribution in [2.45, 2.75) is 31.7 Å². The van der Waals surface area contributed by atoms with E-state index in [2.05, 4.69) is 10.6 Å². The Morgan fingerprint density at radius 2 is 1.66 bits per heavy atom. The van der Waals surface area contributed by atoms with Crippen LogP contribution in [0.4, 0.5) is 10.1 Å². The fourth-order valence-corrected chi connectivity index (χ4v) is 5.55. The highest BCUT2D eigenvalue weighted by Gasteiger charge is 2.45. The van der Waals surface area contributed by atoms with E-state index in [1.807, 2.05) is 36.4 Å².